The molecule has 2 N–H and O–H groups in total. The number of methoxy groups -OCH3 is 1. The number of ether oxygens (including phenoxy) is 1. The Morgan fingerprint density at radius 3 is 2.08 bits per heavy atom. The number of nitrogens with zero attached hydrogens (tertiary/aromatic N) is 2. The molecule has 0 aromatic heterocycles. The Bertz CT molecular complexity index is 2070. The van der Waals surface area contributed by atoms with E-state index in [1.807, 2.05) is 0 Å². The molecule has 0 radical (unpaired) electrons. The van der Waals surface area contributed by atoms with Crippen LogP contribution in [0.4, 0.5) is 27.6 Å². The fourth-order valence-electron chi connectivity index (χ4n) is 8.00. The summed E-state index contributed by atoms with van der Waals surface area (Å²) < 4.78 is 78.4. The summed E-state index contributed by atoms with van der Waals surface area (Å²) in [4.78, 5) is 51.7. The first-order chi connectivity index (χ1) is 24.1. The third-order valence-electron chi connectivity index (χ3n) is 10.4. The lowest BCUT2D eigenvalue weighted by atomic mass is 9.56. The van der Waals surface area contributed by atoms with Crippen LogP contribution in [0.1, 0.15) is 29.9 Å². The van der Waals surface area contributed by atoms with E-state index >= 15 is 8.78 Å². The quantitative estimate of drug-likeness (QED) is 0.0839. The van der Waals surface area contributed by atoms with Gasteiger partial charge < -0.3 is 14.9 Å². The Morgan fingerprint density at radius 2 is 1.47 bits per heavy atom. The Balaban J connectivity index is 1.36. The van der Waals surface area contributed by atoms with Crippen molar-refractivity contribution >= 4 is 52.5 Å². The van der Waals surface area contributed by atoms with Crippen LogP contribution in [0.25, 0.3) is 0 Å². The second-order valence-corrected chi connectivity index (χ2v) is 14.1. The molecule has 2 aliphatic heterocycles. The van der Waals surface area contributed by atoms with Gasteiger partial charge in [-0.25, -0.2) is 26.9 Å². The number of rotatable bonds is 6. The monoisotopic (exact) mass is 750 g/mol. The van der Waals surface area contributed by atoms with Gasteiger partial charge in [-0.05, 0) is 48.9 Å². The topological polar surface area (TPSA) is 124 Å². The highest BCUT2D eigenvalue weighted by molar-refractivity contribution is 6.58. The van der Waals surface area contributed by atoms with E-state index in [9.17, 15) is 42.6 Å². The van der Waals surface area contributed by atoms with Crippen LogP contribution in [-0.4, -0.2) is 62.1 Å². The number of alkyl halides is 2. The van der Waals surface area contributed by atoms with Crippen molar-refractivity contribution < 1.29 is 56.1 Å². The van der Waals surface area contributed by atoms with E-state index in [2.05, 4.69) is 0 Å². The summed E-state index contributed by atoms with van der Waals surface area (Å²) in [6.45, 7) is -0.0445. The summed E-state index contributed by atoms with van der Waals surface area (Å²) in [5, 5.41) is 20.8. The van der Waals surface area contributed by atoms with Gasteiger partial charge in [0.2, 0.25) is 17.6 Å². The Labute approximate surface area is 295 Å². The maximum atomic E-state index is 15.2. The Morgan fingerprint density at radius 1 is 0.843 bits per heavy atom. The number of halogens is 7. The smallest absolute Gasteiger partial charge is 0.258 e. The van der Waals surface area contributed by atoms with E-state index in [1.54, 1.807) is 12.1 Å². The Kier molecular flexibility index (Phi) is 8.14. The zero-order chi connectivity index (χ0) is 36.9. The molecule has 7 rings (SSSR count). The molecule has 1 saturated carbocycles. The summed E-state index contributed by atoms with van der Waals surface area (Å²) in [5.74, 6) is -22.0. The molecule has 2 aliphatic carbocycles. The normalized spacial score (nSPS) is 28.5. The van der Waals surface area contributed by atoms with Gasteiger partial charge in [0.15, 0.2) is 33.0 Å². The molecule has 2 heterocycles. The van der Waals surface area contributed by atoms with Gasteiger partial charge in [-0.1, -0.05) is 29.8 Å². The average Bonchev–Trinajstić information content (AvgIpc) is 3.44. The number of amides is 4. The zero-order valence-electron chi connectivity index (χ0n) is 26.2. The number of imide groups is 2. The summed E-state index contributed by atoms with van der Waals surface area (Å²) >= 11 is 14.2. The minimum Gasteiger partial charge on any atom is -0.508 e. The molecular weight excluding hydrogens is 726 g/mol. The van der Waals surface area contributed by atoms with Gasteiger partial charge in [0.25, 0.3) is 11.8 Å². The van der Waals surface area contributed by atoms with Crippen LogP contribution in [0.15, 0.2) is 54.1 Å². The summed E-state index contributed by atoms with van der Waals surface area (Å²) in [6, 6.07) is 9.96. The van der Waals surface area contributed by atoms with Crippen LogP contribution in [0.3, 0.4) is 0 Å². The number of allylic oxidation sites excluding steroid dienone is 2. The SMILES string of the molecule is COc1ccc(C2C3=CCC4C(=O)N(CCc5ccc(O)cc5)C(=O)C4C3CC3(Cl)C(=O)N(c4c(F)c(F)c(F)c(F)c4F)C(=O)C23Cl)c(O)c1. The number of anilines is 1. The van der Waals surface area contributed by atoms with Crippen LogP contribution in [0, 0.1) is 46.8 Å². The van der Waals surface area contributed by atoms with Crippen LogP contribution >= 0.6 is 23.2 Å². The number of carbonyl (C=O) groups is 4. The number of phenolic OH excluding ortho intramolecular Hbond substituents is 2. The lowest BCUT2D eigenvalue weighted by Gasteiger charge is -2.50. The molecule has 51 heavy (non-hydrogen) atoms. The largest absolute Gasteiger partial charge is 0.508 e. The fraction of sp³-hybridized carbons (Fsp3) is 0.314. The highest BCUT2D eigenvalue weighted by Gasteiger charge is 2.77. The van der Waals surface area contributed by atoms with Crippen LogP contribution in [0.5, 0.6) is 17.2 Å². The number of carbonyl (C=O) groups excluding carboxylic acids is 4. The molecule has 3 fully saturated rings. The van der Waals surface area contributed by atoms with Crippen molar-refractivity contribution in [2.45, 2.75) is 34.9 Å². The van der Waals surface area contributed by atoms with E-state index in [0.29, 0.717) is 5.56 Å². The van der Waals surface area contributed by atoms with E-state index < -0.39 is 104 Å². The molecule has 6 atom stereocenters. The number of phenols is 2. The van der Waals surface area contributed by atoms with Gasteiger partial charge in [-0.3, -0.25) is 24.1 Å². The van der Waals surface area contributed by atoms with E-state index in [4.69, 9.17) is 27.9 Å². The maximum Gasteiger partial charge on any atom is 0.258 e. The van der Waals surface area contributed by atoms with E-state index in [0.717, 1.165) is 11.0 Å². The average molecular weight is 751 g/mol. The van der Waals surface area contributed by atoms with Gasteiger partial charge in [0, 0.05) is 24.1 Å². The lowest BCUT2D eigenvalue weighted by Crippen LogP contribution is -2.60. The number of likely N-dealkylation sites (tertiary alicyclic amines) is 1. The highest BCUT2D eigenvalue weighted by atomic mass is 35.5. The number of hydrogen-bond donors (Lipinski definition) is 2. The maximum absolute atomic E-state index is 15.2. The molecule has 0 bridgehead atoms. The molecular formula is C35H25Cl2F5N2O7. The molecule has 16 heteroatoms. The second-order valence-electron chi connectivity index (χ2n) is 12.9. The molecule has 6 unspecified atom stereocenters. The lowest BCUT2D eigenvalue weighted by molar-refractivity contribution is -0.140. The molecule has 3 aromatic rings. The molecule has 0 spiro atoms. The fourth-order valence-corrected chi connectivity index (χ4v) is 8.92. The molecule has 4 amide bonds. The van der Waals surface area contributed by atoms with Crippen molar-refractivity contribution in [1.82, 2.24) is 4.90 Å². The minimum absolute atomic E-state index is 0.0236. The van der Waals surface area contributed by atoms with Crippen molar-refractivity contribution in [2.24, 2.45) is 17.8 Å². The summed E-state index contributed by atoms with van der Waals surface area (Å²) in [7, 11) is 1.30. The van der Waals surface area contributed by atoms with Gasteiger partial charge >= 0.3 is 0 Å². The zero-order valence-corrected chi connectivity index (χ0v) is 27.7. The standard InChI is InChI=1S/C35H25Cl2F5N2O7/c1-51-16-6-7-18(21(46)12-16)23-17-8-9-19-22(31(48)43(30(19)47)11-10-14-2-4-15(45)5-3-14)20(17)13-34(36)32(49)44(33(50)35(23,34)37)29-27(41)25(39)24(38)26(40)28(29)42/h2-8,12,19-20,22-23,45-46H,9-11,13H2,1H3. The van der Waals surface area contributed by atoms with Crippen LogP contribution in [-0.2, 0) is 25.6 Å². The summed E-state index contributed by atoms with van der Waals surface area (Å²) in [5.41, 5.74) is -1.11. The van der Waals surface area contributed by atoms with Crippen LogP contribution < -0.4 is 9.64 Å². The number of aromatic hydroxyl groups is 2. The molecule has 9 nitrogen and oxygen atoms in total. The molecule has 4 aliphatic rings. The van der Waals surface area contributed by atoms with Gasteiger partial charge in [-0.15, -0.1) is 23.2 Å². The van der Waals surface area contributed by atoms with Gasteiger partial charge in [0.05, 0.1) is 18.9 Å². The number of benzene rings is 3. The predicted octanol–water partition coefficient (Wildman–Crippen LogP) is 5.61. The third-order valence-corrected chi connectivity index (χ3v) is 11.8. The van der Waals surface area contributed by atoms with Crippen molar-refractivity contribution in [1.29, 1.82) is 0 Å². The number of fused-ring (bicyclic) bond motifs is 4. The molecule has 266 valence electrons. The summed E-state index contributed by atoms with van der Waals surface area (Å²) in [6.07, 6.45) is 1.06. The predicted molar refractivity (Wildman–Crippen MR) is 170 cm³/mol. The van der Waals surface area contributed by atoms with Crippen molar-refractivity contribution in [2.75, 3.05) is 18.6 Å². The first kappa shape index (κ1) is 34.7. The molecule has 3 aromatic carbocycles. The van der Waals surface area contributed by atoms with Crippen molar-refractivity contribution in [3.8, 4) is 17.2 Å². The third kappa shape index (κ3) is 4.71. The number of hydrogen-bond acceptors (Lipinski definition) is 7. The van der Waals surface area contributed by atoms with Gasteiger partial charge in [0.1, 0.15) is 22.9 Å². The van der Waals surface area contributed by atoms with E-state index in [-0.39, 0.29) is 46.9 Å². The van der Waals surface area contributed by atoms with Crippen molar-refractivity contribution in [3.63, 3.8) is 0 Å². The first-order valence-electron chi connectivity index (χ1n) is 15.6. The van der Waals surface area contributed by atoms with Crippen LogP contribution in [0.2, 0.25) is 0 Å². The minimum atomic E-state index is -2.77. The second kappa shape index (κ2) is 11.9. The first-order valence-corrected chi connectivity index (χ1v) is 16.3. The van der Waals surface area contributed by atoms with E-state index in [1.165, 1.54) is 37.5 Å². The van der Waals surface area contributed by atoms with Gasteiger partial charge in [-0.2, -0.15) is 0 Å². The molecule has 2 saturated heterocycles. The Hall–Kier alpha value is -4.69. The van der Waals surface area contributed by atoms with Crippen molar-refractivity contribution in [3.05, 3.63) is 94.3 Å². The highest BCUT2D eigenvalue weighted by Crippen LogP contribution is 2.66.